The number of pyridine rings is 1. The van der Waals surface area contributed by atoms with Crippen molar-refractivity contribution in [2.75, 3.05) is 46.7 Å². The molecule has 0 radical (unpaired) electrons. The van der Waals surface area contributed by atoms with Gasteiger partial charge in [-0.05, 0) is 50.8 Å². The molecule has 0 aliphatic rings. The Bertz CT molecular complexity index is 750. The van der Waals surface area contributed by atoms with E-state index in [9.17, 15) is 4.79 Å². The van der Waals surface area contributed by atoms with Crippen LogP contribution in [0, 0.1) is 0 Å². The maximum atomic E-state index is 12.4. The highest BCUT2D eigenvalue weighted by Gasteiger charge is 2.09. The first-order valence-corrected chi connectivity index (χ1v) is 8.86. The summed E-state index contributed by atoms with van der Waals surface area (Å²) in [6.45, 7) is 2.22. The van der Waals surface area contributed by atoms with Gasteiger partial charge in [-0.3, -0.25) is 9.78 Å². The number of aromatic nitrogens is 1. The monoisotopic (exact) mass is 372 g/mol. The minimum absolute atomic E-state index is 0.172. The van der Waals surface area contributed by atoms with E-state index in [-0.39, 0.29) is 5.91 Å². The molecule has 0 saturated carbocycles. The number of hydrogen-bond donors (Lipinski definition) is 2. The molecule has 2 N–H and O–H groups in total. The molecule has 1 amide bonds. The van der Waals surface area contributed by atoms with E-state index in [1.165, 1.54) is 0 Å². The molecule has 0 saturated heterocycles. The molecule has 2 aromatic rings. The van der Waals surface area contributed by atoms with Crippen molar-refractivity contribution in [3.05, 3.63) is 47.8 Å². The van der Waals surface area contributed by atoms with E-state index in [1.54, 1.807) is 26.6 Å². The fourth-order valence-electron chi connectivity index (χ4n) is 2.56. The average molecular weight is 372 g/mol. The molecule has 0 atom stereocenters. The molecule has 1 aromatic heterocycles. The molecule has 1 heterocycles. The Morgan fingerprint density at radius 3 is 2.59 bits per heavy atom. The average Bonchev–Trinajstić information content (AvgIpc) is 2.69. The Hall–Kier alpha value is -2.80. The number of ether oxygens (including phenoxy) is 2. The van der Waals surface area contributed by atoms with E-state index in [4.69, 9.17) is 9.47 Å². The largest absolute Gasteiger partial charge is 0.493 e. The van der Waals surface area contributed by atoms with Gasteiger partial charge >= 0.3 is 0 Å². The molecule has 0 fully saturated rings. The zero-order chi connectivity index (χ0) is 19.6. The minimum atomic E-state index is -0.172. The summed E-state index contributed by atoms with van der Waals surface area (Å²) >= 11 is 0. The highest BCUT2D eigenvalue weighted by Crippen LogP contribution is 2.27. The van der Waals surface area contributed by atoms with E-state index in [2.05, 4.69) is 20.5 Å². The topological polar surface area (TPSA) is 75.7 Å². The lowest BCUT2D eigenvalue weighted by molar-refractivity contribution is 0.0950. The van der Waals surface area contributed by atoms with Crippen LogP contribution in [0.15, 0.2) is 36.7 Å². The molecule has 0 unspecified atom stereocenters. The lowest BCUT2D eigenvalue weighted by Crippen LogP contribution is -2.23. The van der Waals surface area contributed by atoms with E-state index < -0.39 is 0 Å². The number of benzene rings is 1. The van der Waals surface area contributed by atoms with Crippen LogP contribution in [0.4, 0.5) is 5.69 Å². The van der Waals surface area contributed by atoms with Crippen molar-refractivity contribution in [3.63, 3.8) is 0 Å². The summed E-state index contributed by atoms with van der Waals surface area (Å²) in [6.07, 6.45) is 4.30. The first-order valence-electron chi connectivity index (χ1n) is 8.86. The predicted octanol–water partition coefficient (Wildman–Crippen LogP) is 2.39. The van der Waals surface area contributed by atoms with Gasteiger partial charge in [-0.15, -0.1) is 0 Å². The Labute approximate surface area is 160 Å². The van der Waals surface area contributed by atoms with Gasteiger partial charge < -0.3 is 25.0 Å². The van der Waals surface area contributed by atoms with Crippen LogP contribution in [-0.4, -0.2) is 57.2 Å². The summed E-state index contributed by atoms with van der Waals surface area (Å²) in [5.41, 5.74) is 2.28. The second-order valence-electron chi connectivity index (χ2n) is 6.42. The van der Waals surface area contributed by atoms with Crippen molar-refractivity contribution in [3.8, 4) is 11.5 Å². The third kappa shape index (κ3) is 6.45. The zero-order valence-electron chi connectivity index (χ0n) is 16.4. The zero-order valence-corrected chi connectivity index (χ0v) is 16.4. The van der Waals surface area contributed by atoms with Crippen molar-refractivity contribution in [2.24, 2.45) is 0 Å². The normalized spacial score (nSPS) is 10.6. The number of nitrogens with zero attached hydrogens (tertiary/aromatic N) is 2. The van der Waals surface area contributed by atoms with Crippen LogP contribution in [0.1, 0.15) is 22.3 Å². The van der Waals surface area contributed by atoms with Crippen molar-refractivity contribution in [2.45, 2.75) is 13.0 Å². The Morgan fingerprint density at radius 1 is 1.11 bits per heavy atom. The van der Waals surface area contributed by atoms with E-state index >= 15 is 0 Å². The first kappa shape index (κ1) is 20.5. The fourth-order valence-corrected chi connectivity index (χ4v) is 2.56. The van der Waals surface area contributed by atoms with Gasteiger partial charge in [-0.25, -0.2) is 0 Å². The SMILES string of the molecule is COc1ccc(CNC(=O)c2cncc(NCCCN(C)C)c2)cc1OC. The van der Waals surface area contributed by atoms with Gasteiger partial charge in [0.05, 0.1) is 25.5 Å². The van der Waals surface area contributed by atoms with E-state index in [0.717, 1.165) is 30.8 Å². The van der Waals surface area contributed by atoms with Gasteiger partial charge in [-0.1, -0.05) is 6.07 Å². The van der Waals surface area contributed by atoms with Gasteiger partial charge in [-0.2, -0.15) is 0 Å². The quantitative estimate of drug-likeness (QED) is 0.624. The standard InChI is InChI=1S/C20H28N4O3/c1-24(2)9-5-8-22-17-11-16(13-21-14-17)20(25)23-12-15-6-7-18(26-3)19(10-15)27-4/h6-7,10-11,13-14,22H,5,8-9,12H2,1-4H3,(H,23,25). The maximum Gasteiger partial charge on any atom is 0.253 e. The molecule has 2 rings (SSSR count). The van der Waals surface area contributed by atoms with Crippen LogP contribution >= 0.6 is 0 Å². The summed E-state index contributed by atoms with van der Waals surface area (Å²) in [7, 11) is 7.27. The Morgan fingerprint density at radius 2 is 1.89 bits per heavy atom. The molecule has 7 nitrogen and oxygen atoms in total. The van der Waals surface area contributed by atoms with Crippen LogP contribution in [0.3, 0.4) is 0 Å². The molecule has 7 heteroatoms. The Kier molecular flexibility index (Phi) is 7.88. The molecule has 146 valence electrons. The third-order valence-electron chi connectivity index (χ3n) is 4.01. The molecule has 0 bridgehead atoms. The van der Waals surface area contributed by atoms with Crippen molar-refractivity contribution in [1.82, 2.24) is 15.2 Å². The summed E-state index contributed by atoms with van der Waals surface area (Å²) in [4.78, 5) is 18.7. The Balaban J connectivity index is 1.91. The molecular weight excluding hydrogens is 344 g/mol. The summed E-state index contributed by atoms with van der Waals surface area (Å²) in [6, 6.07) is 7.37. The second kappa shape index (κ2) is 10.4. The lowest BCUT2D eigenvalue weighted by Gasteiger charge is -2.12. The van der Waals surface area contributed by atoms with Crippen LogP contribution in [0.5, 0.6) is 11.5 Å². The molecule has 0 aliphatic heterocycles. The van der Waals surface area contributed by atoms with Crippen LogP contribution in [0.2, 0.25) is 0 Å². The highest BCUT2D eigenvalue weighted by atomic mass is 16.5. The number of methoxy groups -OCH3 is 2. The lowest BCUT2D eigenvalue weighted by atomic mass is 10.2. The third-order valence-corrected chi connectivity index (χ3v) is 4.01. The number of hydrogen-bond acceptors (Lipinski definition) is 6. The first-order chi connectivity index (χ1) is 13.0. The molecule has 0 aliphatic carbocycles. The molecule has 27 heavy (non-hydrogen) atoms. The highest BCUT2D eigenvalue weighted by molar-refractivity contribution is 5.94. The smallest absolute Gasteiger partial charge is 0.253 e. The van der Waals surface area contributed by atoms with Gasteiger partial charge in [0, 0.05) is 25.5 Å². The molecule has 0 spiro atoms. The summed E-state index contributed by atoms with van der Waals surface area (Å²) in [5.74, 6) is 1.12. The van der Waals surface area contributed by atoms with Crippen molar-refractivity contribution in [1.29, 1.82) is 0 Å². The van der Waals surface area contributed by atoms with Crippen molar-refractivity contribution < 1.29 is 14.3 Å². The molecular formula is C20H28N4O3. The number of amides is 1. The van der Waals surface area contributed by atoms with Crippen LogP contribution in [0.25, 0.3) is 0 Å². The molecule has 1 aromatic carbocycles. The fraction of sp³-hybridized carbons (Fsp3) is 0.400. The van der Waals surface area contributed by atoms with Gasteiger partial charge in [0.2, 0.25) is 0 Å². The van der Waals surface area contributed by atoms with Gasteiger partial charge in [0.15, 0.2) is 11.5 Å². The summed E-state index contributed by atoms with van der Waals surface area (Å²) in [5, 5.41) is 6.20. The number of rotatable bonds is 10. The minimum Gasteiger partial charge on any atom is -0.493 e. The van der Waals surface area contributed by atoms with Crippen LogP contribution in [-0.2, 0) is 6.54 Å². The van der Waals surface area contributed by atoms with E-state index in [1.807, 2.05) is 38.4 Å². The number of carbonyl (C=O) groups is 1. The van der Waals surface area contributed by atoms with Gasteiger partial charge in [0.1, 0.15) is 0 Å². The number of anilines is 1. The van der Waals surface area contributed by atoms with Crippen LogP contribution < -0.4 is 20.1 Å². The number of nitrogens with one attached hydrogen (secondary N) is 2. The predicted molar refractivity (Wildman–Crippen MR) is 107 cm³/mol. The second-order valence-corrected chi connectivity index (χ2v) is 6.42. The van der Waals surface area contributed by atoms with Crippen molar-refractivity contribution >= 4 is 11.6 Å². The van der Waals surface area contributed by atoms with E-state index in [0.29, 0.717) is 23.6 Å². The number of carbonyl (C=O) groups excluding carboxylic acids is 1. The maximum absolute atomic E-state index is 12.4. The van der Waals surface area contributed by atoms with Gasteiger partial charge in [0.25, 0.3) is 5.91 Å². The summed E-state index contributed by atoms with van der Waals surface area (Å²) < 4.78 is 10.5.